The monoisotopic (exact) mass is 358 g/mol. The maximum Gasteiger partial charge on any atom is 0.223 e. The Hall–Kier alpha value is -2.99. The van der Waals surface area contributed by atoms with Crippen LogP contribution < -0.4 is 11.1 Å². The first kappa shape index (κ1) is 16.2. The first-order chi connectivity index (χ1) is 13.3. The molecule has 1 fully saturated rings. The Morgan fingerprint density at radius 3 is 2.85 bits per heavy atom. The minimum absolute atomic E-state index is 0.156. The topological polar surface area (TPSA) is 92.5 Å². The van der Waals surface area contributed by atoms with Gasteiger partial charge in [0.25, 0.3) is 0 Å². The fourth-order valence-electron chi connectivity index (χ4n) is 4.02. The van der Waals surface area contributed by atoms with Crippen LogP contribution in [-0.4, -0.2) is 32.0 Å². The molecule has 5 rings (SSSR count). The summed E-state index contributed by atoms with van der Waals surface area (Å²) in [4.78, 5) is 17.1. The highest BCUT2D eigenvalue weighted by molar-refractivity contribution is 6.03. The molecule has 0 saturated heterocycles. The molecule has 1 saturated carbocycles. The largest absolute Gasteiger partial charge is 0.361 e. The van der Waals surface area contributed by atoms with Crippen molar-refractivity contribution in [2.24, 2.45) is 5.73 Å². The van der Waals surface area contributed by atoms with Crippen molar-refractivity contribution in [3.05, 3.63) is 49.1 Å². The molecule has 0 spiro atoms. The summed E-state index contributed by atoms with van der Waals surface area (Å²) in [5, 5.41) is 5.55. The number of fused-ring (bicyclic) bond motifs is 2. The van der Waals surface area contributed by atoms with Gasteiger partial charge in [0.05, 0.1) is 5.52 Å². The number of aromatic amines is 1. The predicted octanol–water partition coefficient (Wildman–Crippen LogP) is 3.85. The normalized spacial score (nSPS) is 20.2. The maximum atomic E-state index is 6.28. The van der Waals surface area contributed by atoms with Gasteiger partial charge in [0.1, 0.15) is 0 Å². The van der Waals surface area contributed by atoms with Gasteiger partial charge in [-0.3, -0.25) is 4.98 Å². The first-order valence-corrected chi connectivity index (χ1v) is 9.49. The van der Waals surface area contributed by atoms with E-state index in [0.29, 0.717) is 5.95 Å². The second kappa shape index (κ2) is 6.63. The van der Waals surface area contributed by atoms with Gasteiger partial charge in [-0.15, -0.1) is 0 Å². The lowest BCUT2D eigenvalue weighted by atomic mass is 9.91. The number of hydrogen-bond donors (Lipinski definition) is 3. The average Bonchev–Trinajstić information content (AvgIpc) is 3.13. The van der Waals surface area contributed by atoms with Gasteiger partial charge in [0.2, 0.25) is 5.95 Å². The average molecular weight is 358 g/mol. The summed E-state index contributed by atoms with van der Waals surface area (Å²) in [6.07, 6.45) is 12.1. The number of aromatic nitrogens is 4. The number of rotatable bonds is 3. The van der Waals surface area contributed by atoms with E-state index in [1.807, 2.05) is 36.9 Å². The molecule has 3 aromatic heterocycles. The molecular formula is C21H22N6. The second-order valence-corrected chi connectivity index (χ2v) is 7.27. The lowest BCUT2D eigenvalue weighted by molar-refractivity contribution is 0.402. The summed E-state index contributed by atoms with van der Waals surface area (Å²) < 4.78 is 0. The van der Waals surface area contributed by atoms with Gasteiger partial charge in [0.15, 0.2) is 0 Å². The molecule has 0 bridgehead atoms. The number of hydrogen-bond acceptors (Lipinski definition) is 5. The molecule has 3 heterocycles. The summed E-state index contributed by atoms with van der Waals surface area (Å²) >= 11 is 0. The van der Waals surface area contributed by atoms with Crippen molar-refractivity contribution in [3.8, 4) is 11.1 Å². The van der Waals surface area contributed by atoms with E-state index in [1.165, 1.54) is 12.8 Å². The number of nitrogens with one attached hydrogen (secondary N) is 2. The molecule has 0 unspecified atom stereocenters. The van der Waals surface area contributed by atoms with Crippen LogP contribution in [0.2, 0.25) is 0 Å². The molecule has 2 atom stereocenters. The zero-order valence-corrected chi connectivity index (χ0v) is 15.0. The van der Waals surface area contributed by atoms with E-state index in [4.69, 9.17) is 10.7 Å². The number of pyridine rings is 1. The van der Waals surface area contributed by atoms with Gasteiger partial charge in [-0.25, -0.2) is 9.97 Å². The second-order valence-electron chi connectivity index (χ2n) is 7.27. The van der Waals surface area contributed by atoms with Crippen molar-refractivity contribution in [2.75, 3.05) is 5.32 Å². The maximum absolute atomic E-state index is 6.28. The van der Waals surface area contributed by atoms with E-state index in [1.54, 1.807) is 0 Å². The Balaban J connectivity index is 1.59. The predicted molar refractivity (Wildman–Crippen MR) is 108 cm³/mol. The summed E-state index contributed by atoms with van der Waals surface area (Å²) in [6.45, 7) is 0. The Kier molecular flexibility index (Phi) is 3.98. The molecule has 1 aliphatic rings. The summed E-state index contributed by atoms with van der Waals surface area (Å²) in [7, 11) is 0. The van der Waals surface area contributed by atoms with Gasteiger partial charge < -0.3 is 16.0 Å². The Labute approximate surface area is 157 Å². The third-order valence-corrected chi connectivity index (χ3v) is 5.50. The van der Waals surface area contributed by atoms with E-state index < -0.39 is 0 Å². The highest BCUT2D eigenvalue weighted by Crippen LogP contribution is 2.32. The van der Waals surface area contributed by atoms with Gasteiger partial charge in [0, 0.05) is 64.3 Å². The van der Waals surface area contributed by atoms with Crippen LogP contribution in [0.5, 0.6) is 0 Å². The fourth-order valence-corrected chi connectivity index (χ4v) is 4.02. The number of para-hydroxylation sites is 1. The molecular weight excluding hydrogens is 336 g/mol. The number of benzene rings is 1. The molecule has 6 nitrogen and oxygen atoms in total. The molecule has 6 heteroatoms. The van der Waals surface area contributed by atoms with Crippen LogP contribution in [0.4, 0.5) is 5.95 Å². The van der Waals surface area contributed by atoms with E-state index in [0.717, 1.165) is 45.8 Å². The fraction of sp³-hybridized carbons (Fsp3) is 0.286. The molecule has 0 radical (unpaired) electrons. The molecule has 27 heavy (non-hydrogen) atoms. The summed E-state index contributed by atoms with van der Waals surface area (Å²) in [5.41, 5.74) is 10.4. The van der Waals surface area contributed by atoms with Crippen LogP contribution in [0.15, 0.2) is 49.1 Å². The summed E-state index contributed by atoms with van der Waals surface area (Å²) in [6, 6.07) is 8.65. The Morgan fingerprint density at radius 1 is 1.04 bits per heavy atom. The highest BCUT2D eigenvalue weighted by atomic mass is 15.1. The van der Waals surface area contributed by atoms with Crippen LogP contribution in [-0.2, 0) is 0 Å². The number of H-pyrrole nitrogens is 1. The smallest absolute Gasteiger partial charge is 0.223 e. The molecule has 136 valence electrons. The summed E-state index contributed by atoms with van der Waals surface area (Å²) in [5.74, 6) is 0.636. The van der Waals surface area contributed by atoms with E-state index in [-0.39, 0.29) is 12.1 Å². The van der Waals surface area contributed by atoms with Gasteiger partial charge in [-0.1, -0.05) is 31.0 Å². The lowest BCUT2D eigenvalue weighted by Gasteiger charge is -2.29. The minimum Gasteiger partial charge on any atom is -0.361 e. The standard InChI is InChI=1S/C21H22N6/c22-17-6-2-4-8-19(17)26-21-25-10-13-9-23-11-16(20(13)27-21)15-12-24-18-7-3-1-5-14(15)18/h1,3,5,7,9-12,17,19,24H,2,4,6,8,22H2,(H,25,26,27)/t17-,19+/m0/s1. The quantitative estimate of drug-likeness (QED) is 0.517. The molecule has 1 aliphatic carbocycles. The highest BCUT2D eigenvalue weighted by Gasteiger charge is 2.22. The third-order valence-electron chi connectivity index (χ3n) is 5.50. The van der Waals surface area contributed by atoms with E-state index in [9.17, 15) is 0 Å². The SMILES string of the molecule is N[C@H]1CCCC[C@H]1Nc1ncc2cncc(-c3c[nH]c4ccccc34)c2n1. The van der Waals surface area contributed by atoms with E-state index >= 15 is 0 Å². The van der Waals surface area contributed by atoms with Crippen molar-refractivity contribution >= 4 is 27.8 Å². The molecule has 4 aromatic rings. The van der Waals surface area contributed by atoms with Crippen LogP contribution in [0.1, 0.15) is 25.7 Å². The number of nitrogens with two attached hydrogens (primary N) is 1. The molecule has 0 aliphatic heterocycles. The zero-order valence-electron chi connectivity index (χ0n) is 15.0. The Bertz CT molecular complexity index is 1100. The van der Waals surface area contributed by atoms with Crippen LogP contribution in [0, 0.1) is 0 Å². The molecule has 1 aromatic carbocycles. The van der Waals surface area contributed by atoms with Crippen molar-refractivity contribution in [1.82, 2.24) is 19.9 Å². The lowest BCUT2D eigenvalue weighted by Crippen LogP contribution is -2.42. The van der Waals surface area contributed by atoms with Crippen LogP contribution in [0.3, 0.4) is 0 Å². The zero-order chi connectivity index (χ0) is 18.2. The Morgan fingerprint density at radius 2 is 1.93 bits per heavy atom. The van der Waals surface area contributed by atoms with Crippen LogP contribution in [0.25, 0.3) is 32.9 Å². The van der Waals surface area contributed by atoms with Gasteiger partial charge in [-0.2, -0.15) is 0 Å². The van der Waals surface area contributed by atoms with Gasteiger partial charge in [-0.05, 0) is 18.9 Å². The number of nitrogens with zero attached hydrogens (tertiary/aromatic N) is 3. The van der Waals surface area contributed by atoms with Crippen molar-refractivity contribution in [1.29, 1.82) is 0 Å². The van der Waals surface area contributed by atoms with Gasteiger partial charge >= 0.3 is 0 Å². The minimum atomic E-state index is 0.156. The van der Waals surface area contributed by atoms with Crippen molar-refractivity contribution < 1.29 is 0 Å². The molecule has 4 N–H and O–H groups in total. The molecule has 0 amide bonds. The van der Waals surface area contributed by atoms with Crippen LogP contribution >= 0.6 is 0 Å². The number of anilines is 1. The third kappa shape index (κ3) is 2.92. The van der Waals surface area contributed by atoms with Crippen molar-refractivity contribution in [3.63, 3.8) is 0 Å². The first-order valence-electron chi connectivity index (χ1n) is 9.49. The van der Waals surface area contributed by atoms with Crippen molar-refractivity contribution in [2.45, 2.75) is 37.8 Å². The van der Waals surface area contributed by atoms with E-state index in [2.05, 4.69) is 32.4 Å².